The number of fused-ring (bicyclic) bond motifs is 1. The predicted molar refractivity (Wildman–Crippen MR) is 101 cm³/mol. The molecule has 28 heavy (non-hydrogen) atoms. The van der Waals surface area contributed by atoms with Gasteiger partial charge in [0.05, 0.1) is 18.5 Å². The Morgan fingerprint density at radius 2 is 1.93 bits per heavy atom. The molecule has 154 valence electrons. The maximum atomic E-state index is 10.8. The van der Waals surface area contributed by atoms with Crippen LogP contribution in [0.1, 0.15) is 38.1 Å². The predicted octanol–water partition coefficient (Wildman–Crippen LogP) is -1.01. The van der Waals surface area contributed by atoms with Crippen LogP contribution in [-0.2, 0) is 4.79 Å². The second-order valence-electron chi connectivity index (χ2n) is 7.49. The Labute approximate surface area is 161 Å². The molecule has 0 aliphatic heterocycles. The van der Waals surface area contributed by atoms with Gasteiger partial charge in [-0.1, -0.05) is 0 Å². The van der Waals surface area contributed by atoms with Crippen molar-refractivity contribution < 1.29 is 20.1 Å². The lowest BCUT2D eigenvalue weighted by Crippen LogP contribution is -2.46. The van der Waals surface area contributed by atoms with Crippen LogP contribution in [0.3, 0.4) is 0 Å². The number of aromatic nitrogens is 4. The quantitative estimate of drug-likeness (QED) is 0.338. The van der Waals surface area contributed by atoms with E-state index >= 15 is 0 Å². The molecule has 1 fully saturated rings. The van der Waals surface area contributed by atoms with Crippen molar-refractivity contribution in [3.8, 4) is 0 Å². The average Bonchev–Trinajstić information content (AvgIpc) is 3.09. The number of hydrogen-bond acceptors (Lipinski definition) is 9. The summed E-state index contributed by atoms with van der Waals surface area (Å²) in [5, 5.41) is 30.2. The molecule has 6 atom stereocenters. The Bertz CT molecular complexity index is 829. The molecule has 0 unspecified atom stereocenters. The Morgan fingerprint density at radius 1 is 1.18 bits per heavy atom. The van der Waals surface area contributed by atoms with Gasteiger partial charge in [0.25, 0.3) is 0 Å². The van der Waals surface area contributed by atoms with Gasteiger partial charge in [0.15, 0.2) is 11.5 Å². The molecule has 3 rings (SSSR count). The lowest BCUT2D eigenvalue weighted by atomic mass is 9.77. The largest absolute Gasteiger partial charge is 0.480 e. The van der Waals surface area contributed by atoms with E-state index in [2.05, 4.69) is 15.0 Å². The summed E-state index contributed by atoms with van der Waals surface area (Å²) in [6.07, 6.45) is 3.38. The normalized spacial score (nSPS) is 27.6. The molecule has 1 saturated carbocycles. The third-order valence-electron chi connectivity index (χ3n) is 5.58. The number of carboxylic acid groups (broad SMARTS) is 1. The fourth-order valence-electron chi connectivity index (χ4n) is 3.93. The minimum absolute atomic E-state index is 0.184. The second-order valence-corrected chi connectivity index (χ2v) is 7.49. The van der Waals surface area contributed by atoms with Crippen LogP contribution in [0.15, 0.2) is 12.7 Å². The van der Waals surface area contributed by atoms with Gasteiger partial charge in [-0.05, 0) is 38.0 Å². The third kappa shape index (κ3) is 4.07. The SMILES string of the molecule is Nc1ncnc2c1ncn2[C@@H]1CC[C@@H](C[C@@H](N)CC[C@H](N)C(=O)O)[C@@H](O)[C@H]1O. The number of anilines is 1. The zero-order chi connectivity index (χ0) is 20.4. The lowest BCUT2D eigenvalue weighted by molar-refractivity contribution is -0.138. The summed E-state index contributed by atoms with van der Waals surface area (Å²) >= 11 is 0. The average molecular weight is 393 g/mol. The van der Waals surface area contributed by atoms with Crippen LogP contribution in [0, 0.1) is 5.92 Å². The van der Waals surface area contributed by atoms with Crippen LogP contribution in [0.25, 0.3) is 11.2 Å². The lowest BCUT2D eigenvalue weighted by Gasteiger charge is -2.39. The number of aliphatic hydroxyl groups excluding tert-OH is 2. The summed E-state index contributed by atoms with van der Waals surface area (Å²) in [7, 11) is 0. The smallest absolute Gasteiger partial charge is 0.320 e. The maximum Gasteiger partial charge on any atom is 0.320 e. The van der Waals surface area contributed by atoms with Gasteiger partial charge >= 0.3 is 5.97 Å². The molecule has 9 N–H and O–H groups in total. The van der Waals surface area contributed by atoms with Gasteiger partial charge in [0, 0.05) is 6.04 Å². The van der Waals surface area contributed by atoms with Gasteiger partial charge in [0.2, 0.25) is 0 Å². The monoisotopic (exact) mass is 393 g/mol. The van der Waals surface area contributed by atoms with Crippen molar-refractivity contribution in [2.45, 2.75) is 62.4 Å². The van der Waals surface area contributed by atoms with Gasteiger partial charge in [-0.15, -0.1) is 0 Å². The topological polar surface area (TPSA) is 199 Å². The summed E-state index contributed by atoms with van der Waals surface area (Å²) in [6, 6.07) is -1.63. The van der Waals surface area contributed by atoms with Crippen molar-refractivity contribution in [3.63, 3.8) is 0 Å². The van der Waals surface area contributed by atoms with Crippen molar-refractivity contribution in [1.29, 1.82) is 0 Å². The molecule has 2 aromatic heterocycles. The van der Waals surface area contributed by atoms with E-state index in [4.69, 9.17) is 22.3 Å². The number of aliphatic hydroxyl groups is 2. The molecule has 0 radical (unpaired) electrons. The number of rotatable bonds is 7. The van der Waals surface area contributed by atoms with Crippen LogP contribution in [0.2, 0.25) is 0 Å². The Hall–Kier alpha value is -2.34. The first kappa shape index (κ1) is 20.4. The summed E-state index contributed by atoms with van der Waals surface area (Å²) in [5.41, 5.74) is 18.4. The van der Waals surface area contributed by atoms with Crippen LogP contribution >= 0.6 is 0 Å². The molecule has 0 saturated heterocycles. The van der Waals surface area contributed by atoms with E-state index in [1.807, 2.05) is 0 Å². The van der Waals surface area contributed by atoms with Crippen LogP contribution in [0.4, 0.5) is 5.82 Å². The van der Waals surface area contributed by atoms with Crippen molar-refractivity contribution in [2.75, 3.05) is 5.73 Å². The molecular weight excluding hydrogens is 366 g/mol. The minimum Gasteiger partial charge on any atom is -0.480 e. The first-order chi connectivity index (χ1) is 13.3. The van der Waals surface area contributed by atoms with Crippen molar-refractivity contribution >= 4 is 23.0 Å². The molecular formula is C17H27N7O4. The molecule has 11 heteroatoms. The van der Waals surface area contributed by atoms with Gasteiger partial charge in [-0.2, -0.15) is 0 Å². The Morgan fingerprint density at radius 3 is 2.64 bits per heavy atom. The highest BCUT2D eigenvalue weighted by Gasteiger charge is 2.39. The highest BCUT2D eigenvalue weighted by atomic mass is 16.4. The highest BCUT2D eigenvalue weighted by molar-refractivity contribution is 5.81. The molecule has 0 aromatic carbocycles. The summed E-state index contributed by atoms with van der Waals surface area (Å²) < 4.78 is 1.73. The molecule has 11 nitrogen and oxygen atoms in total. The molecule has 1 aliphatic carbocycles. The first-order valence-corrected chi connectivity index (χ1v) is 9.32. The number of imidazole rings is 1. The number of carboxylic acids is 1. The molecule has 2 aromatic rings. The van der Waals surface area contributed by atoms with Crippen LogP contribution < -0.4 is 17.2 Å². The first-order valence-electron chi connectivity index (χ1n) is 9.32. The fourth-order valence-corrected chi connectivity index (χ4v) is 3.93. The van der Waals surface area contributed by atoms with E-state index in [-0.39, 0.29) is 30.2 Å². The third-order valence-corrected chi connectivity index (χ3v) is 5.58. The van der Waals surface area contributed by atoms with Gasteiger partial charge in [-0.25, -0.2) is 15.0 Å². The fraction of sp³-hybridized carbons (Fsp3) is 0.647. The summed E-state index contributed by atoms with van der Waals surface area (Å²) in [6.45, 7) is 0. The van der Waals surface area contributed by atoms with Gasteiger partial charge in [0.1, 0.15) is 24.0 Å². The van der Waals surface area contributed by atoms with E-state index < -0.39 is 24.2 Å². The number of carbonyl (C=O) groups is 1. The Kier molecular flexibility index (Phi) is 6.08. The standard InChI is InChI=1S/C17H27N7O4/c18-9(2-3-10(19)17(27)28)5-8-1-4-11(14(26)13(8)25)24-7-23-12-15(20)21-6-22-16(12)24/h6-11,13-14,25-26H,1-5,18-19H2,(H,27,28)(H2,20,21,22)/t8-,9-,10-,11+,13+,14-/m0/s1. The number of nitrogen functional groups attached to an aromatic ring is 1. The second kappa shape index (κ2) is 8.35. The Balaban J connectivity index is 1.64. The molecule has 0 bridgehead atoms. The van der Waals surface area contributed by atoms with Crippen LogP contribution in [-0.4, -0.2) is 65.1 Å². The molecule has 2 heterocycles. The van der Waals surface area contributed by atoms with E-state index in [0.29, 0.717) is 36.8 Å². The minimum atomic E-state index is -1.06. The van der Waals surface area contributed by atoms with E-state index in [1.54, 1.807) is 10.9 Å². The summed E-state index contributed by atoms with van der Waals surface area (Å²) in [4.78, 5) is 23.1. The highest BCUT2D eigenvalue weighted by Crippen LogP contribution is 2.36. The van der Waals surface area contributed by atoms with Gasteiger partial charge < -0.3 is 37.1 Å². The van der Waals surface area contributed by atoms with Gasteiger partial charge in [-0.3, -0.25) is 4.79 Å². The molecule has 0 amide bonds. The number of hydrogen-bond donors (Lipinski definition) is 6. The van der Waals surface area contributed by atoms with E-state index in [0.717, 1.165) is 0 Å². The van der Waals surface area contributed by atoms with Crippen molar-refractivity contribution in [1.82, 2.24) is 19.5 Å². The van der Waals surface area contributed by atoms with E-state index in [1.165, 1.54) is 6.33 Å². The number of aliphatic carboxylic acids is 1. The maximum absolute atomic E-state index is 10.8. The van der Waals surface area contributed by atoms with Crippen molar-refractivity contribution in [2.24, 2.45) is 17.4 Å². The summed E-state index contributed by atoms with van der Waals surface area (Å²) in [5.74, 6) is -0.977. The number of nitrogens with zero attached hydrogens (tertiary/aromatic N) is 4. The molecule has 1 aliphatic rings. The molecule has 0 spiro atoms. The van der Waals surface area contributed by atoms with E-state index in [9.17, 15) is 15.0 Å². The van der Waals surface area contributed by atoms with Crippen molar-refractivity contribution in [3.05, 3.63) is 12.7 Å². The zero-order valence-electron chi connectivity index (χ0n) is 15.4. The zero-order valence-corrected chi connectivity index (χ0v) is 15.4. The van der Waals surface area contributed by atoms with Crippen LogP contribution in [0.5, 0.6) is 0 Å². The number of nitrogens with two attached hydrogens (primary N) is 3.